The van der Waals surface area contributed by atoms with Crippen molar-refractivity contribution in [3.63, 3.8) is 0 Å². The van der Waals surface area contributed by atoms with Gasteiger partial charge in [0.25, 0.3) is 15.1 Å². The van der Waals surface area contributed by atoms with E-state index in [2.05, 4.69) is 72.9 Å². The van der Waals surface area contributed by atoms with Gasteiger partial charge in [-0.25, -0.2) is 4.39 Å². The number of nitrogens with zero attached hydrogens (tertiary/aromatic N) is 2. The van der Waals surface area contributed by atoms with Crippen LogP contribution in [0.15, 0.2) is 93.9 Å². The zero-order valence-electron chi connectivity index (χ0n) is 25.1. The minimum absolute atomic E-state index is 0.134. The predicted octanol–water partition coefficient (Wildman–Crippen LogP) is 8.58. The molecule has 1 unspecified atom stereocenters. The van der Waals surface area contributed by atoms with E-state index in [1.165, 1.54) is 44.0 Å². The molecule has 1 aliphatic carbocycles. The largest absolute Gasteiger partial charge is 0.338 e. The highest BCUT2D eigenvalue weighted by atomic mass is 32.2. The van der Waals surface area contributed by atoms with Crippen molar-refractivity contribution in [1.29, 1.82) is 0 Å². The molecule has 2 heterocycles. The molecule has 0 saturated heterocycles. The first-order valence-electron chi connectivity index (χ1n) is 14.8. The first kappa shape index (κ1) is 30.8. The van der Waals surface area contributed by atoms with Gasteiger partial charge >= 0.3 is 0 Å². The zero-order chi connectivity index (χ0) is 31.0. The summed E-state index contributed by atoms with van der Waals surface area (Å²) in [7, 11) is -1.86. The van der Waals surface area contributed by atoms with Gasteiger partial charge in [0.1, 0.15) is 10.5 Å². The molecule has 9 heteroatoms. The molecule has 44 heavy (non-hydrogen) atoms. The maximum absolute atomic E-state index is 14.3. The molecule has 0 spiro atoms. The van der Waals surface area contributed by atoms with Crippen molar-refractivity contribution in [2.75, 3.05) is 17.7 Å². The number of unbranched alkanes of at least 4 members (excludes halogenated alkanes) is 1. The Kier molecular flexibility index (Phi) is 8.84. The highest BCUT2D eigenvalue weighted by Gasteiger charge is 2.27. The Bertz CT molecular complexity index is 1940. The van der Waals surface area contributed by atoms with Gasteiger partial charge in [-0.15, -0.1) is 0 Å². The molecule has 1 aliphatic heterocycles. The van der Waals surface area contributed by atoms with Crippen LogP contribution in [0.25, 0.3) is 16.3 Å². The summed E-state index contributed by atoms with van der Waals surface area (Å²) >= 11 is 3.50. The van der Waals surface area contributed by atoms with Crippen molar-refractivity contribution in [2.45, 2.75) is 56.9 Å². The third-order valence-electron chi connectivity index (χ3n) is 8.43. The molecule has 2 aliphatic rings. The molecule has 0 fully saturated rings. The van der Waals surface area contributed by atoms with Crippen molar-refractivity contribution < 1.29 is 21.9 Å². The smallest absolute Gasteiger partial charge is 0.264 e. The summed E-state index contributed by atoms with van der Waals surface area (Å²) in [6.45, 7) is 4.94. The number of thioether (sulfide) groups is 1. The van der Waals surface area contributed by atoms with Crippen LogP contribution in [0, 0.1) is 19.7 Å². The van der Waals surface area contributed by atoms with Crippen molar-refractivity contribution >= 4 is 55.2 Å². The minimum Gasteiger partial charge on any atom is -0.338 e. The fraction of sp³-hybridized carbons (Fsp3) is 0.286. The first-order chi connectivity index (χ1) is 21.0. The molecule has 3 aromatic carbocycles. The van der Waals surface area contributed by atoms with Crippen LogP contribution < -0.4 is 9.47 Å². The van der Waals surface area contributed by atoms with E-state index in [1.54, 1.807) is 35.2 Å². The monoisotopic (exact) mass is 647 g/mol. The van der Waals surface area contributed by atoms with Crippen LogP contribution in [0.5, 0.6) is 0 Å². The summed E-state index contributed by atoms with van der Waals surface area (Å²) in [5.41, 5.74) is 8.26. The third-order valence-corrected chi connectivity index (χ3v) is 11.5. The maximum Gasteiger partial charge on any atom is 0.264 e. The number of allylic oxidation sites excluding steroid dienone is 4. The van der Waals surface area contributed by atoms with Gasteiger partial charge in [-0.1, -0.05) is 53.4 Å². The summed E-state index contributed by atoms with van der Waals surface area (Å²) in [5.74, 6) is -0.325. The molecule has 6 rings (SSSR count). The van der Waals surface area contributed by atoms with Crippen molar-refractivity contribution in [3.8, 4) is 0 Å². The zero-order valence-corrected chi connectivity index (χ0v) is 27.5. The molecule has 4 aromatic rings. The average molecular weight is 648 g/mol. The molecule has 0 bridgehead atoms. The lowest BCUT2D eigenvalue weighted by atomic mass is 9.81. The number of aryl methyl sites for hydroxylation is 3. The van der Waals surface area contributed by atoms with E-state index >= 15 is 0 Å². The van der Waals surface area contributed by atoms with Gasteiger partial charge in [-0.05, 0) is 103 Å². The summed E-state index contributed by atoms with van der Waals surface area (Å²) < 4.78 is 49.5. The number of fused-ring (bicyclic) bond motifs is 2. The van der Waals surface area contributed by atoms with E-state index in [0.717, 1.165) is 33.6 Å². The van der Waals surface area contributed by atoms with E-state index < -0.39 is 10.1 Å². The van der Waals surface area contributed by atoms with Gasteiger partial charge in [0.05, 0.1) is 16.5 Å². The van der Waals surface area contributed by atoms with E-state index in [0.29, 0.717) is 19.4 Å². The third kappa shape index (κ3) is 6.86. The maximum atomic E-state index is 14.3. The van der Waals surface area contributed by atoms with Gasteiger partial charge < -0.3 is 4.90 Å². The van der Waals surface area contributed by atoms with E-state index in [4.69, 9.17) is 0 Å². The highest BCUT2D eigenvalue weighted by Crippen LogP contribution is 2.47. The number of hydrogen-bond donors (Lipinski definition) is 1. The van der Waals surface area contributed by atoms with Crippen LogP contribution in [-0.2, 0) is 16.7 Å². The molecule has 0 amide bonds. The molecule has 1 N–H and O–H groups in total. The second-order valence-electron chi connectivity index (χ2n) is 11.7. The molecule has 228 valence electrons. The molecule has 1 aromatic heterocycles. The topological polar surface area (TPSA) is 61.5 Å². The van der Waals surface area contributed by atoms with Crippen LogP contribution in [-0.4, -0.2) is 25.8 Å². The Hall–Kier alpha value is -3.24. The lowest BCUT2D eigenvalue weighted by Crippen LogP contribution is -2.35. The minimum atomic E-state index is -3.98. The second kappa shape index (κ2) is 12.6. The summed E-state index contributed by atoms with van der Waals surface area (Å²) in [6, 6.07) is 19.7. The number of para-hydroxylation sites is 1. The Morgan fingerprint density at radius 3 is 2.61 bits per heavy atom. The van der Waals surface area contributed by atoms with Crippen molar-refractivity contribution in [2.24, 2.45) is 0 Å². The van der Waals surface area contributed by atoms with Crippen molar-refractivity contribution in [1.82, 2.24) is 0 Å². The summed E-state index contributed by atoms with van der Waals surface area (Å²) in [5, 5.41) is 2.26. The molecule has 5 nitrogen and oxygen atoms in total. The Labute approximate surface area is 267 Å². The van der Waals surface area contributed by atoms with Crippen LogP contribution in [0.1, 0.15) is 53.3 Å². The molecule has 0 saturated carbocycles. The number of aromatic nitrogens is 1. The quantitative estimate of drug-likeness (QED) is 0.118. The van der Waals surface area contributed by atoms with Gasteiger partial charge in [-0.3, -0.25) is 4.55 Å². The van der Waals surface area contributed by atoms with Gasteiger partial charge in [0.15, 0.2) is 6.54 Å². The normalized spacial score (nSPS) is 18.8. The SMILES string of the molecule is Cc1cc2c(cc1C)N(C)C(=CC1=CC(=Cc3sc4ccccc4[n+]3CCCCS(=O)(=O)O)CC(c3cccc(F)c3)C1)S2. The van der Waals surface area contributed by atoms with Gasteiger partial charge in [0.2, 0.25) is 5.52 Å². The molecule has 1 atom stereocenters. The number of benzene rings is 3. The van der Waals surface area contributed by atoms with Gasteiger partial charge in [-0.2, -0.15) is 13.0 Å². The molecular weight excluding hydrogens is 612 g/mol. The van der Waals surface area contributed by atoms with E-state index in [9.17, 15) is 17.4 Å². The Balaban J connectivity index is 1.37. The van der Waals surface area contributed by atoms with E-state index in [-0.39, 0.29) is 17.5 Å². The fourth-order valence-electron chi connectivity index (χ4n) is 6.00. The lowest BCUT2D eigenvalue weighted by Gasteiger charge is -2.25. The van der Waals surface area contributed by atoms with Gasteiger partial charge in [0, 0.05) is 30.5 Å². The number of halogens is 1. The van der Waals surface area contributed by atoms with Crippen LogP contribution in [0.3, 0.4) is 0 Å². The molecular formula is C35H36FN2O3S3+. The summed E-state index contributed by atoms with van der Waals surface area (Å²) in [4.78, 5) is 3.52. The first-order valence-corrected chi connectivity index (χ1v) is 18.1. The second-order valence-corrected chi connectivity index (χ2v) is 15.4. The van der Waals surface area contributed by atoms with Crippen LogP contribution in [0.4, 0.5) is 10.1 Å². The molecule has 0 radical (unpaired) electrons. The number of thiazole rings is 1. The van der Waals surface area contributed by atoms with Crippen molar-refractivity contribution in [3.05, 3.63) is 117 Å². The number of anilines is 1. The van der Waals surface area contributed by atoms with Crippen LogP contribution >= 0.6 is 23.1 Å². The van der Waals surface area contributed by atoms with Crippen LogP contribution in [0.2, 0.25) is 0 Å². The number of rotatable bonds is 8. The summed E-state index contributed by atoms with van der Waals surface area (Å²) in [6.07, 6.45) is 9.42. The average Bonchev–Trinajstić information content (AvgIpc) is 3.46. The number of hydrogen-bond acceptors (Lipinski definition) is 5. The Morgan fingerprint density at radius 2 is 1.82 bits per heavy atom. The van der Waals surface area contributed by atoms with E-state index in [1.807, 2.05) is 18.2 Å². The Morgan fingerprint density at radius 1 is 1.02 bits per heavy atom. The lowest BCUT2D eigenvalue weighted by molar-refractivity contribution is -0.669. The standard InChI is InChI=1S/C35H35FN2O3S3/c1-23-15-31-33(16-24(23)2)43-34(37(31)3)20-25-17-26(19-28(18-25)27-9-8-10-29(36)22-27)21-35-38(13-6-7-14-44(39,40)41)30-11-4-5-12-32(30)42-35/h4-5,8-12,15-17,20-22,28H,6-7,13-14,18-19H2,1-3H3/p+1. The predicted molar refractivity (Wildman–Crippen MR) is 180 cm³/mol. The fourth-order valence-corrected chi connectivity index (χ4v) is 8.94. The highest BCUT2D eigenvalue weighted by molar-refractivity contribution is 8.03.